The van der Waals surface area contributed by atoms with Crippen molar-refractivity contribution in [1.29, 1.82) is 0 Å². The van der Waals surface area contributed by atoms with Crippen molar-refractivity contribution >= 4 is 22.6 Å². The van der Waals surface area contributed by atoms with Crippen molar-refractivity contribution in [3.63, 3.8) is 0 Å². The highest BCUT2D eigenvalue weighted by Crippen LogP contribution is 2.38. The van der Waals surface area contributed by atoms with Crippen LogP contribution in [0.5, 0.6) is 0 Å². The van der Waals surface area contributed by atoms with Crippen molar-refractivity contribution in [2.45, 2.75) is 38.1 Å². The molecule has 21 heavy (non-hydrogen) atoms. The van der Waals surface area contributed by atoms with Gasteiger partial charge in [0.1, 0.15) is 0 Å². The van der Waals surface area contributed by atoms with Crippen LogP contribution in [0.15, 0.2) is 48.5 Å². The van der Waals surface area contributed by atoms with Gasteiger partial charge in [-0.1, -0.05) is 43.3 Å². The van der Waals surface area contributed by atoms with Gasteiger partial charge in [0, 0.05) is 15.5 Å². The zero-order valence-electron chi connectivity index (χ0n) is 12.5. The largest absolute Gasteiger partial charge is 0.313 e. The summed E-state index contributed by atoms with van der Waals surface area (Å²) in [6, 6.07) is 18.4. The molecule has 1 nitrogen and oxygen atoms in total. The highest BCUT2D eigenvalue weighted by molar-refractivity contribution is 14.1. The number of nitrogens with one attached hydrogen (secondary N) is 1. The molecule has 0 saturated heterocycles. The van der Waals surface area contributed by atoms with E-state index in [1.165, 1.54) is 27.5 Å². The Kier molecular flexibility index (Phi) is 4.96. The maximum atomic E-state index is 3.77. The monoisotopic (exact) mass is 391 g/mol. The average molecular weight is 391 g/mol. The maximum Gasteiger partial charge on any atom is 0.0179 e. The Balaban J connectivity index is 1.74. The number of halogens is 1. The highest BCUT2D eigenvalue weighted by atomic mass is 127. The number of fused-ring (bicyclic) bond motifs is 1. The van der Waals surface area contributed by atoms with Gasteiger partial charge in [-0.3, -0.25) is 0 Å². The van der Waals surface area contributed by atoms with Crippen molar-refractivity contribution in [3.8, 4) is 0 Å². The molecule has 0 spiro atoms. The molecule has 2 unspecified atom stereocenters. The molecule has 2 aromatic rings. The molecule has 0 bridgehead atoms. The topological polar surface area (TPSA) is 12.0 Å². The van der Waals surface area contributed by atoms with Gasteiger partial charge in [-0.2, -0.15) is 0 Å². The fourth-order valence-corrected chi connectivity index (χ4v) is 3.58. The fraction of sp³-hybridized carbons (Fsp3) is 0.368. The molecule has 2 atom stereocenters. The molecule has 2 aromatic carbocycles. The van der Waals surface area contributed by atoms with E-state index in [-0.39, 0.29) is 0 Å². The van der Waals surface area contributed by atoms with E-state index >= 15 is 0 Å². The van der Waals surface area contributed by atoms with E-state index in [2.05, 4.69) is 83.4 Å². The van der Waals surface area contributed by atoms with Gasteiger partial charge in [0.25, 0.3) is 0 Å². The summed E-state index contributed by atoms with van der Waals surface area (Å²) in [5.74, 6) is 0.673. The van der Waals surface area contributed by atoms with Gasteiger partial charge < -0.3 is 5.32 Å². The minimum atomic E-state index is 0.555. The van der Waals surface area contributed by atoms with Crippen LogP contribution >= 0.6 is 22.6 Å². The van der Waals surface area contributed by atoms with Gasteiger partial charge in [0.15, 0.2) is 0 Å². The van der Waals surface area contributed by atoms with Crippen LogP contribution in [-0.2, 0) is 12.8 Å². The van der Waals surface area contributed by atoms with E-state index in [1.54, 1.807) is 5.56 Å². The molecule has 0 aromatic heterocycles. The van der Waals surface area contributed by atoms with Crippen LogP contribution < -0.4 is 5.32 Å². The zero-order chi connectivity index (χ0) is 14.7. The third-order valence-electron chi connectivity index (χ3n) is 4.41. The Morgan fingerprint density at radius 3 is 2.62 bits per heavy atom. The lowest BCUT2D eigenvalue weighted by atomic mass is 9.72. The maximum absolute atomic E-state index is 3.77. The van der Waals surface area contributed by atoms with E-state index in [0.717, 1.165) is 13.0 Å². The SMILES string of the molecule is CCCNC(Cc1ccc(I)cc1)C1Cc2ccccc21. The highest BCUT2D eigenvalue weighted by Gasteiger charge is 2.32. The summed E-state index contributed by atoms with van der Waals surface area (Å²) in [5.41, 5.74) is 4.53. The van der Waals surface area contributed by atoms with Crippen LogP contribution in [0.2, 0.25) is 0 Å². The van der Waals surface area contributed by atoms with Crippen molar-refractivity contribution < 1.29 is 0 Å². The first kappa shape index (κ1) is 15.0. The molecule has 1 aliphatic carbocycles. The van der Waals surface area contributed by atoms with Gasteiger partial charge in [-0.15, -0.1) is 0 Å². The van der Waals surface area contributed by atoms with Gasteiger partial charge in [-0.25, -0.2) is 0 Å². The molecule has 0 radical (unpaired) electrons. The molecule has 110 valence electrons. The van der Waals surface area contributed by atoms with E-state index in [0.29, 0.717) is 12.0 Å². The number of hydrogen-bond donors (Lipinski definition) is 1. The van der Waals surface area contributed by atoms with Crippen LogP contribution in [0.25, 0.3) is 0 Å². The second kappa shape index (κ2) is 6.93. The minimum absolute atomic E-state index is 0.555. The second-order valence-electron chi connectivity index (χ2n) is 5.90. The average Bonchev–Trinajstić information content (AvgIpc) is 2.48. The van der Waals surface area contributed by atoms with Crippen LogP contribution in [-0.4, -0.2) is 12.6 Å². The quantitative estimate of drug-likeness (QED) is 0.713. The van der Waals surface area contributed by atoms with Gasteiger partial charge >= 0.3 is 0 Å². The molecule has 2 heteroatoms. The number of rotatable bonds is 6. The Hall–Kier alpha value is -0.870. The van der Waals surface area contributed by atoms with E-state index < -0.39 is 0 Å². The van der Waals surface area contributed by atoms with Crippen LogP contribution in [0.3, 0.4) is 0 Å². The standard InChI is InChI=1S/C19H22IN/c1-2-11-21-19(12-14-7-9-16(20)10-8-14)18-13-15-5-3-4-6-17(15)18/h3-10,18-19,21H,2,11-13H2,1H3. The summed E-state index contributed by atoms with van der Waals surface area (Å²) in [7, 11) is 0. The second-order valence-corrected chi connectivity index (χ2v) is 7.15. The summed E-state index contributed by atoms with van der Waals surface area (Å²) in [6.45, 7) is 3.34. The Bertz CT molecular complexity index is 591. The number of benzene rings is 2. The molecule has 0 heterocycles. The minimum Gasteiger partial charge on any atom is -0.313 e. The van der Waals surface area contributed by atoms with Gasteiger partial charge in [0.2, 0.25) is 0 Å². The van der Waals surface area contributed by atoms with E-state index in [9.17, 15) is 0 Å². The van der Waals surface area contributed by atoms with Crippen molar-refractivity contribution in [2.24, 2.45) is 0 Å². The van der Waals surface area contributed by atoms with Gasteiger partial charge in [0.05, 0.1) is 0 Å². The van der Waals surface area contributed by atoms with E-state index in [1.807, 2.05) is 0 Å². The predicted octanol–water partition coefficient (Wildman–Crippen LogP) is 4.54. The Morgan fingerprint density at radius 1 is 1.14 bits per heavy atom. The third kappa shape index (κ3) is 3.49. The number of hydrogen-bond acceptors (Lipinski definition) is 1. The smallest absolute Gasteiger partial charge is 0.0179 e. The third-order valence-corrected chi connectivity index (χ3v) is 5.12. The summed E-state index contributed by atoms with van der Waals surface area (Å²) in [6.07, 6.45) is 3.54. The van der Waals surface area contributed by atoms with Crippen LogP contribution in [0.1, 0.15) is 36.0 Å². The van der Waals surface area contributed by atoms with Crippen LogP contribution in [0, 0.1) is 3.57 Å². The normalized spacial score (nSPS) is 17.9. The first-order chi connectivity index (χ1) is 10.3. The lowest BCUT2D eigenvalue weighted by molar-refractivity contribution is 0.397. The first-order valence-corrected chi connectivity index (χ1v) is 8.91. The van der Waals surface area contributed by atoms with Gasteiger partial charge in [-0.05, 0) is 77.2 Å². The summed E-state index contributed by atoms with van der Waals surface area (Å²) >= 11 is 2.37. The molecule has 0 fully saturated rings. The fourth-order valence-electron chi connectivity index (χ4n) is 3.22. The molecule has 3 rings (SSSR count). The zero-order valence-corrected chi connectivity index (χ0v) is 14.6. The van der Waals surface area contributed by atoms with Crippen molar-refractivity contribution in [1.82, 2.24) is 5.32 Å². The van der Waals surface area contributed by atoms with Crippen LogP contribution in [0.4, 0.5) is 0 Å². The molecule has 1 N–H and O–H groups in total. The molecule has 0 saturated carbocycles. The van der Waals surface area contributed by atoms with Crippen molar-refractivity contribution in [2.75, 3.05) is 6.54 Å². The van der Waals surface area contributed by atoms with E-state index in [4.69, 9.17) is 0 Å². The lowest BCUT2D eigenvalue weighted by Crippen LogP contribution is -2.41. The molecule has 0 amide bonds. The molecule has 1 aliphatic rings. The first-order valence-electron chi connectivity index (χ1n) is 7.83. The molecular formula is C19H22IN. The Morgan fingerprint density at radius 2 is 1.90 bits per heavy atom. The summed E-state index contributed by atoms with van der Waals surface area (Å²) in [4.78, 5) is 0. The summed E-state index contributed by atoms with van der Waals surface area (Å²) < 4.78 is 1.31. The Labute approximate surface area is 141 Å². The summed E-state index contributed by atoms with van der Waals surface area (Å²) in [5, 5.41) is 3.77. The lowest BCUT2D eigenvalue weighted by Gasteiger charge is -2.37. The molecule has 0 aliphatic heterocycles. The predicted molar refractivity (Wildman–Crippen MR) is 97.8 cm³/mol. The molecular weight excluding hydrogens is 369 g/mol. The van der Waals surface area contributed by atoms with Crippen molar-refractivity contribution in [3.05, 3.63) is 68.8 Å².